The Morgan fingerprint density at radius 2 is 2.19 bits per heavy atom. The summed E-state index contributed by atoms with van der Waals surface area (Å²) < 4.78 is 0. The van der Waals surface area contributed by atoms with Gasteiger partial charge in [-0.05, 0) is 31.0 Å². The Morgan fingerprint density at radius 3 is 2.90 bits per heavy atom. The summed E-state index contributed by atoms with van der Waals surface area (Å²) in [6.07, 6.45) is 4.07. The summed E-state index contributed by atoms with van der Waals surface area (Å²) in [6.45, 7) is 4.72. The van der Waals surface area contributed by atoms with E-state index in [0.717, 1.165) is 18.5 Å². The zero-order valence-corrected chi connectivity index (χ0v) is 12.7. The quantitative estimate of drug-likeness (QED) is 0.887. The predicted molar refractivity (Wildman–Crippen MR) is 85.0 cm³/mol. The van der Waals surface area contributed by atoms with Gasteiger partial charge in [0.15, 0.2) is 0 Å². The molecule has 0 unspecified atom stereocenters. The minimum Gasteiger partial charge on any atom is -0.370 e. The first-order valence-corrected chi connectivity index (χ1v) is 7.12. The summed E-state index contributed by atoms with van der Waals surface area (Å²) in [4.78, 5) is 20.6. The zero-order chi connectivity index (χ0) is 15.2. The number of carbonyl (C=O) groups excluding carboxylic acids is 1. The topological polar surface area (TPSA) is 66.9 Å². The van der Waals surface area contributed by atoms with E-state index in [1.54, 1.807) is 12.3 Å². The van der Waals surface area contributed by atoms with Crippen molar-refractivity contribution < 1.29 is 4.79 Å². The molecule has 0 radical (unpaired) electrons. The number of nitrogens with zero attached hydrogens (tertiary/aromatic N) is 2. The van der Waals surface area contributed by atoms with Crippen molar-refractivity contribution in [2.24, 2.45) is 0 Å². The highest BCUT2D eigenvalue weighted by Crippen LogP contribution is 2.20. The van der Waals surface area contributed by atoms with Crippen molar-refractivity contribution in [1.82, 2.24) is 9.97 Å². The third-order valence-electron chi connectivity index (χ3n) is 2.90. The summed E-state index contributed by atoms with van der Waals surface area (Å²) in [5, 5.41) is 6.20. The first-order chi connectivity index (χ1) is 10.1. The maximum Gasteiger partial charge on any atom is 0.258 e. The zero-order valence-electron chi connectivity index (χ0n) is 12.0. The summed E-state index contributed by atoms with van der Waals surface area (Å²) in [5.41, 5.74) is 1.26. The van der Waals surface area contributed by atoms with Crippen LogP contribution in [0.4, 0.5) is 11.6 Å². The lowest BCUT2D eigenvalue weighted by atomic mass is 10.2. The van der Waals surface area contributed by atoms with Crippen molar-refractivity contribution in [2.75, 3.05) is 17.2 Å². The molecule has 0 bridgehead atoms. The predicted octanol–water partition coefficient (Wildman–Crippen LogP) is 3.51. The maximum atomic E-state index is 12.3. The molecule has 5 nitrogen and oxygen atoms in total. The summed E-state index contributed by atoms with van der Waals surface area (Å²) in [6, 6.07) is 5.34. The van der Waals surface area contributed by atoms with E-state index >= 15 is 0 Å². The smallest absolute Gasteiger partial charge is 0.258 e. The van der Waals surface area contributed by atoms with Crippen LogP contribution in [0.1, 0.15) is 29.3 Å². The van der Waals surface area contributed by atoms with Gasteiger partial charge in [-0.1, -0.05) is 24.6 Å². The number of hydrogen-bond donors (Lipinski definition) is 2. The highest BCUT2D eigenvalue weighted by atomic mass is 35.5. The van der Waals surface area contributed by atoms with Gasteiger partial charge in [-0.15, -0.1) is 0 Å². The van der Waals surface area contributed by atoms with Gasteiger partial charge in [-0.3, -0.25) is 4.79 Å². The lowest BCUT2D eigenvalue weighted by molar-refractivity contribution is 0.102. The van der Waals surface area contributed by atoms with E-state index in [1.807, 2.05) is 19.1 Å². The van der Waals surface area contributed by atoms with Crippen molar-refractivity contribution in [1.29, 1.82) is 0 Å². The summed E-state index contributed by atoms with van der Waals surface area (Å²) in [7, 11) is 0. The fourth-order valence-corrected chi connectivity index (χ4v) is 1.94. The van der Waals surface area contributed by atoms with Gasteiger partial charge < -0.3 is 10.6 Å². The molecule has 0 aliphatic heterocycles. The molecule has 0 fully saturated rings. The van der Waals surface area contributed by atoms with Crippen LogP contribution in [0.25, 0.3) is 0 Å². The molecule has 2 rings (SSSR count). The van der Waals surface area contributed by atoms with Crippen LogP contribution in [-0.2, 0) is 0 Å². The van der Waals surface area contributed by atoms with Gasteiger partial charge in [-0.25, -0.2) is 9.97 Å². The molecule has 2 N–H and O–H groups in total. The van der Waals surface area contributed by atoms with Crippen LogP contribution < -0.4 is 10.6 Å². The van der Waals surface area contributed by atoms with Crippen molar-refractivity contribution in [3.05, 3.63) is 46.7 Å². The second-order valence-electron chi connectivity index (χ2n) is 4.60. The Bertz CT molecular complexity index is 645. The van der Waals surface area contributed by atoms with E-state index < -0.39 is 0 Å². The van der Waals surface area contributed by atoms with Gasteiger partial charge in [0.1, 0.15) is 11.6 Å². The molecule has 2 heterocycles. The van der Waals surface area contributed by atoms with Gasteiger partial charge in [-0.2, -0.15) is 0 Å². The maximum absolute atomic E-state index is 12.3. The van der Waals surface area contributed by atoms with Crippen LogP contribution in [-0.4, -0.2) is 22.4 Å². The number of aromatic nitrogens is 2. The molecule has 6 heteroatoms. The number of aryl methyl sites for hydroxylation is 1. The molecular formula is C15H17ClN4O. The van der Waals surface area contributed by atoms with Crippen LogP contribution >= 0.6 is 11.6 Å². The van der Waals surface area contributed by atoms with Crippen LogP contribution in [0.2, 0.25) is 5.02 Å². The lowest BCUT2D eigenvalue weighted by Gasteiger charge is -2.10. The van der Waals surface area contributed by atoms with Crippen LogP contribution in [0.3, 0.4) is 0 Å². The molecule has 0 saturated heterocycles. The van der Waals surface area contributed by atoms with E-state index in [2.05, 4.69) is 27.5 Å². The van der Waals surface area contributed by atoms with E-state index in [-0.39, 0.29) is 5.91 Å². The highest BCUT2D eigenvalue weighted by molar-refractivity contribution is 6.34. The Kier molecular flexibility index (Phi) is 5.11. The van der Waals surface area contributed by atoms with E-state index in [0.29, 0.717) is 22.2 Å². The van der Waals surface area contributed by atoms with E-state index in [4.69, 9.17) is 11.6 Å². The molecule has 0 aromatic carbocycles. The van der Waals surface area contributed by atoms with Crippen molar-refractivity contribution in [3.8, 4) is 0 Å². The molecular weight excluding hydrogens is 288 g/mol. The van der Waals surface area contributed by atoms with E-state index in [1.165, 1.54) is 6.20 Å². The number of halogens is 1. The van der Waals surface area contributed by atoms with Gasteiger partial charge in [0.05, 0.1) is 10.6 Å². The van der Waals surface area contributed by atoms with Crippen molar-refractivity contribution in [2.45, 2.75) is 20.3 Å². The SMILES string of the molecule is CCCNc1cc(C(=O)Nc2ncccc2C)c(Cl)cn1. The highest BCUT2D eigenvalue weighted by Gasteiger charge is 2.13. The minimum absolute atomic E-state index is 0.302. The number of anilines is 2. The summed E-state index contributed by atoms with van der Waals surface area (Å²) >= 11 is 6.06. The Labute approximate surface area is 128 Å². The molecule has 1 amide bonds. The number of rotatable bonds is 5. The number of amides is 1. The van der Waals surface area contributed by atoms with Crippen LogP contribution in [0.15, 0.2) is 30.6 Å². The number of pyridine rings is 2. The number of hydrogen-bond acceptors (Lipinski definition) is 4. The molecule has 0 saturated carbocycles. The van der Waals surface area contributed by atoms with Crippen molar-refractivity contribution in [3.63, 3.8) is 0 Å². The van der Waals surface area contributed by atoms with Gasteiger partial charge in [0.2, 0.25) is 0 Å². The molecule has 2 aromatic heterocycles. The first kappa shape index (κ1) is 15.3. The van der Waals surface area contributed by atoms with Gasteiger partial charge in [0, 0.05) is 18.9 Å². The second-order valence-corrected chi connectivity index (χ2v) is 5.01. The fourth-order valence-electron chi connectivity index (χ4n) is 1.75. The molecule has 0 atom stereocenters. The molecule has 21 heavy (non-hydrogen) atoms. The molecule has 0 spiro atoms. The second kappa shape index (κ2) is 7.04. The van der Waals surface area contributed by atoms with E-state index in [9.17, 15) is 4.79 Å². The third-order valence-corrected chi connectivity index (χ3v) is 3.20. The first-order valence-electron chi connectivity index (χ1n) is 6.74. The fraction of sp³-hybridized carbons (Fsp3) is 0.267. The molecule has 0 aliphatic rings. The average Bonchev–Trinajstić information content (AvgIpc) is 2.48. The monoisotopic (exact) mass is 304 g/mol. The third kappa shape index (κ3) is 3.92. The minimum atomic E-state index is -0.302. The Morgan fingerprint density at radius 1 is 1.38 bits per heavy atom. The average molecular weight is 305 g/mol. The van der Waals surface area contributed by atoms with Crippen LogP contribution in [0.5, 0.6) is 0 Å². The Balaban J connectivity index is 2.20. The standard InChI is InChI=1S/C15H17ClN4O/c1-3-6-17-13-8-11(12(16)9-19-13)15(21)20-14-10(2)5-4-7-18-14/h4-5,7-9H,3,6H2,1-2H3,(H,17,19)(H,18,20,21). The number of carbonyl (C=O) groups is 1. The van der Waals surface area contributed by atoms with Gasteiger partial charge >= 0.3 is 0 Å². The Hall–Kier alpha value is -2.14. The van der Waals surface area contributed by atoms with Gasteiger partial charge in [0.25, 0.3) is 5.91 Å². The van der Waals surface area contributed by atoms with Crippen molar-refractivity contribution >= 4 is 29.1 Å². The molecule has 0 aliphatic carbocycles. The summed E-state index contributed by atoms with van der Waals surface area (Å²) in [5.74, 6) is 0.853. The molecule has 2 aromatic rings. The number of nitrogens with one attached hydrogen (secondary N) is 2. The lowest BCUT2D eigenvalue weighted by Crippen LogP contribution is -2.15. The largest absolute Gasteiger partial charge is 0.370 e. The van der Waals surface area contributed by atoms with Crippen LogP contribution in [0, 0.1) is 6.92 Å². The molecule has 110 valence electrons. The normalized spacial score (nSPS) is 10.2.